The number of nitrogen functional groups attached to an aromatic ring is 1. The van der Waals surface area contributed by atoms with Crippen LogP contribution in [0.25, 0.3) is 11.3 Å². The van der Waals surface area contributed by atoms with E-state index in [1.165, 1.54) is 42.5 Å². The number of rotatable bonds is 4. The van der Waals surface area contributed by atoms with Crippen LogP contribution in [0.1, 0.15) is 42.4 Å². The molecule has 0 aliphatic heterocycles. The van der Waals surface area contributed by atoms with Crippen molar-refractivity contribution < 1.29 is 26.4 Å². The molecule has 0 spiro atoms. The van der Waals surface area contributed by atoms with Crippen LogP contribution in [0.5, 0.6) is 0 Å². The smallest absolute Gasteiger partial charge is 0.399 e. The first-order chi connectivity index (χ1) is 15.2. The van der Waals surface area contributed by atoms with Crippen molar-refractivity contribution in [3.8, 4) is 11.3 Å². The number of nitrogens with two attached hydrogens (primary N) is 1. The van der Waals surface area contributed by atoms with Crippen molar-refractivity contribution in [2.45, 2.75) is 37.3 Å². The predicted molar refractivity (Wildman–Crippen MR) is 119 cm³/mol. The first kappa shape index (κ1) is 24.2. The lowest BCUT2D eigenvalue weighted by molar-refractivity contribution is -0.137. The van der Waals surface area contributed by atoms with Gasteiger partial charge >= 0.3 is 6.18 Å². The van der Waals surface area contributed by atoms with Crippen LogP contribution in [-0.2, 0) is 21.6 Å². The Labute approximate surface area is 189 Å². The number of nitrogens with zero attached hydrogens (tertiary/aromatic N) is 1. The highest BCUT2D eigenvalue weighted by atomic mass is 32.2. The molecular formula is C23H22F3N3O3S. The van der Waals surface area contributed by atoms with Crippen LogP contribution in [0.2, 0.25) is 0 Å². The molecule has 0 bridgehead atoms. The quantitative estimate of drug-likeness (QED) is 0.527. The van der Waals surface area contributed by atoms with Crippen LogP contribution in [-0.4, -0.2) is 19.3 Å². The Morgan fingerprint density at radius 3 is 2.15 bits per heavy atom. The summed E-state index contributed by atoms with van der Waals surface area (Å²) >= 11 is 0. The number of carbonyl (C=O) groups is 1. The Kier molecular flexibility index (Phi) is 6.25. The van der Waals surface area contributed by atoms with Crippen molar-refractivity contribution in [2.75, 3.05) is 5.73 Å². The largest absolute Gasteiger partial charge is 0.416 e. The Balaban J connectivity index is 2.07. The van der Waals surface area contributed by atoms with Crippen molar-refractivity contribution in [1.29, 1.82) is 0 Å². The minimum Gasteiger partial charge on any atom is -0.399 e. The van der Waals surface area contributed by atoms with Gasteiger partial charge in [-0.15, -0.1) is 0 Å². The number of carbonyl (C=O) groups excluding carboxylic acids is 1. The Hall–Kier alpha value is -3.40. The van der Waals surface area contributed by atoms with Gasteiger partial charge in [-0.25, -0.2) is 13.1 Å². The van der Waals surface area contributed by atoms with E-state index in [4.69, 9.17) is 5.73 Å². The van der Waals surface area contributed by atoms with Crippen LogP contribution >= 0.6 is 0 Å². The number of pyridine rings is 1. The zero-order valence-electron chi connectivity index (χ0n) is 18.1. The normalized spacial score (nSPS) is 12.4. The zero-order valence-corrected chi connectivity index (χ0v) is 18.9. The molecule has 2 aromatic carbocycles. The van der Waals surface area contributed by atoms with Crippen LogP contribution < -0.4 is 10.5 Å². The molecule has 0 saturated carbocycles. The number of benzene rings is 2. The molecule has 0 saturated heterocycles. The maximum absolute atomic E-state index is 13.0. The van der Waals surface area contributed by atoms with Gasteiger partial charge in [0.25, 0.3) is 15.9 Å². The maximum Gasteiger partial charge on any atom is 0.416 e. The molecular weight excluding hydrogens is 455 g/mol. The average molecular weight is 478 g/mol. The number of anilines is 1. The van der Waals surface area contributed by atoms with Gasteiger partial charge in [0.15, 0.2) is 0 Å². The topological polar surface area (TPSA) is 102 Å². The highest BCUT2D eigenvalue weighted by molar-refractivity contribution is 7.90. The lowest BCUT2D eigenvalue weighted by Gasteiger charge is -2.20. The lowest BCUT2D eigenvalue weighted by Crippen LogP contribution is -2.31. The number of amides is 1. The minimum atomic E-state index is -4.52. The van der Waals surface area contributed by atoms with Crippen molar-refractivity contribution in [1.82, 2.24) is 9.71 Å². The average Bonchev–Trinajstić information content (AvgIpc) is 2.72. The molecule has 0 atom stereocenters. The summed E-state index contributed by atoms with van der Waals surface area (Å²) in [6.07, 6.45) is -4.52. The first-order valence-electron chi connectivity index (χ1n) is 9.80. The van der Waals surface area contributed by atoms with E-state index in [1.807, 2.05) is 25.5 Å². The minimum absolute atomic E-state index is 0.0661. The van der Waals surface area contributed by atoms with E-state index >= 15 is 0 Å². The standard InChI is InChI=1S/C23H22F3N3O3S/c1-22(2,3)19-12-11-18(20(28-19)14-7-9-15(10-8-14)23(24,25)26)21(30)29-33(31,32)17-6-4-5-16(27)13-17/h4-13H,27H2,1-3H3,(H,29,30). The van der Waals surface area contributed by atoms with E-state index in [-0.39, 0.29) is 27.4 Å². The zero-order chi connectivity index (χ0) is 24.6. The molecule has 10 heteroatoms. The molecule has 0 unspecified atom stereocenters. The van der Waals surface area contributed by atoms with Gasteiger partial charge < -0.3 is 5.73 Å². The summed E-state index contributed by atoms with van der Waals surface area (Å²) in [4.78, 5) is 17.2. The Morgan fingerprint density at radius 1 is 0.970 bits per heavy atom. The summed E-state index contributed by atoms with van der Waals surface area (Å²) < 4.78 is 66.2. The second-order valence-corrected chi connectivity index (χ2v) is 10.1. The van der Waals surface area contributed by atoms with Gasteiger partial charge in [-0.05, 0) is 42.5 Å². The van der Waals surface area contributed by atoms with Gasteiger partial charge in [-0.1, -0.05) is 39.0 Å². The van der Waals surface area contributed by atoms with Crippen LogP contribution in [0.4, 0.5) is 18.9 Å². The lowest BCUT2D eigenvalue weighted by atomic mass is 9.90. The van der Waals surface area contributed by atoms with E-state index < -0.39 is 33.1 Å². The highest BCUT2D eigenvalue weighted by Gasteiger charge is 2.30. The van der Waals surface area contributed by atoms with E-state index in [2.05, 4.69) is 4.98 Å². The third-order valence-corrected chi connectivity index (χ3v) is 6.12. The third-order valence-electron chi connectivity index (χ3n) is 4.79. The molecule has 33 heavy (non-hydrogen) atoms. The second-order valence-electron chi connectivity index (χ2n) is 8.42. The number of aromatic nitrogens is 1. The number of sulfonamides is 1. The molecule has 0 radical (unpaired) electrons. The molecule has 3 N–H and O–H groups in total. The van der Waals surface area contributed by atoms with Gasteiger partial charge in [0.05, 0.1) is 21.7 Å². The maximum atomic E-state index is 13.0. The van der Waals surface area contributed by atoms with Crippen molar-refractivity contribution in [2.24, 2.45) is 0 Å². The van der Waals surface area contributed by atoms with Gasteiger partial charge in [-0.3, -0.25) is 9.78 Å². The van der Waals surface area contributed by atoms with Crippen LogP contribution in [0.3, 0.4) is 0 Å². The van der Waals surface area contributed by atoms with E-state index in [9.17, 15) is 26.4 Å². The molecule has 0 aliphatic carbocycles. The molecule has 174 valence electrons. The molecule has 0 aliphatic rings. The van der Waals surface area contributed by atoms with Crippen molar-refractivity contribution >= 4 is 21.6 Å². The summed E-state index contributed by atoms with van der Waals surface area (Å²) in [6, 6.07) is 12.6. The highest BCUT2D eigenvalue weighted by Crippen LogP contribution is 2.32. The van der Waals surface area contributed by atoms with Gasteiger partial charge in [0, 0.05) is 22.4 Å². The fourth-order valence-electron chi connectivity index (χ4n) is 3.01. The molecule has 1 amide bonds. The Morgan fingerprint density at radius 2 is 1.61 bits per heavy atom. The summed E-state index contributed by atoms with van der Waals surface area (Å²) in [6.45, 7) is 5.65. The molecule has 6 nitrogen and oxygen atoms in total. The summed E-state index contributed by atoms with van der Waals surface area (Å²) in [5, 5.41) is 0. The van der Waals surface area contributed by atoms with Gasteiger partial charge in [0.1, 0.15) is 0 Å². The summed E-state index contributed by atoms with van der Waals surface area (Å²) in [5.74, 6) is -0.972. The van der Waals surface area contributed by atoms with Gasteiger partial charge in [0.2, 0.25) is 0 Å². The van der Waals surface area contributed by atoms with Crippen LogP contribution in [0.15, 0.2) is 65.6 Å². The molecule has 0 fully saturated rings. The number of halogens is 3. The Bertz CT molecular complexity index is 1300. The number of alkyl halides is 3. The van der Waals surface area contributed by atoms with E-state index in [0.717, 1.165) is 12.1 Å². The fourth-order valence-corrected chi connectivity index (χ4v) is 4.04. The first-order valence-corrected chi connectivity index (χ1v) is 11.3. The monoisotopic (exact) mass is 477 g/mol. The fraction of sp³-hybridized carbons (Fsp3) is 0.217. The SMILES string of the molecule is CC(C)(C)c1ccc(C(=O)NS(=O)(=O)c2cccc(N)c2)c(-c2ccc(C(F)(F)F)cc2)n1. The second kappa shape index (κ2) is 8.51. The molecule has 1 heterocycles. The number of hydrogen-bond donors (Lipinski definition) is 2. The van der Waals surface area contributed by atoms with Crippen molar-refractivity contribution in [3.63, 3.8) is 0 Å². The van der Waals surface area contributed by atoms with Crippen LogP contribution in [0, 0.1) is 0 Å². The third kappa shape index (κ3) is 5.51. The number of hydrogen-bond acceptors (Lipinski definition) is 5. The van der Waals surface area contributed by atoms with Gasteiger partial charge in [-0.2, -0.15) is 13.2 Å². The van der Waals surface area contributed by atoms with Crippen molar-refractivity contribution in [3.05, 3.63) is 77.5 Å². The summed E-state index contributed by atoms with van der Waals surface area (Å²) in [7, 11) is -4.25. The molecule has 3 aromatic rings. The molecule has 3 rings (SSSR count). The number of nitrogens with one attached hydrogen (secondary N) is 1. The predicted octanol–water partition coefficient (Wildman–Crippen LogP) is 4.77. The van der Waals surface area contributed by atoms with E-state index in [1.54, 1.807) is 6.07 Å². The summed E-state index contributed by atoms with van der Waals surface area (Å²) in [5.41, 5.74) is 5.33. The molecule has 1 aromatic heterocycles. The van der Waals surface area contributed by atoms with E-state index in [0.29, 0.717) is 5.69 Å².